The Hall–Kier alpha value is -1.89. The Balaban J connectivity index is 1.86. The van der Waals surface area contributed by atoms with Crippen molar-refractivity contribution in [2.75, 3.05) is 26.2 Å². The molecule has 0 amide bonds. The minimum Gasteiger partial charge on any atom is -0.314 e. The van der Waals surface area contributed by atoms with E-state index < -0.39 is 11.7 Å². The first kappa shape index (κ1) is 17.5. The standard InChI is InChI=1S/C20H19F3N2S/c21-20(22,23)16-7-3-2-6-15(16)19(25-11-9-24-10-12-25)18-13-14-5-1-4-8-17(14)26-18/h1-8,13,19,24H,9-12H2. The van der Waals surface area contributed by atoms with Crippen LogP contribution in [0.3, 0.4) is 0 Å². The maximum absolute atomic E-state index is 13.7. The van der Waals surface area contributed by atoms with E-state index >= 15 is 0 Å². The van der Waals surface area contributed by atoms with Gasteiger partial charge in [-0.15, -0.1) is 11.3 Å². The number of benzene rings is 2. The smallest absolute Gasteiger partial charge is 0.314 e. The average Bonchev–Trinajstić information content (AvgIpc) is 3.06. The second kappa shape index (κ2) is 7.02. The summed E-state index contributed by atoms with van der Waals surface area (Å²) in [5.74, 6) is 0. The summed E-state index contributed by atoms with van der Waals surface area (Å²) in [6, 6.07) is 15.6. The summed E-state index contributed by atoms with van der Waals surface area (Å²) in [6.07, 6.45) is -4.36. The molecule has 1 aliphatic rings. The van der Waals surface area contributed by atoms with Gasteiger partial charge in [0.2, 0.25) is 0 Å². The van der Waals surface area contributed by atoms with Crippen molar-refractivity contribution in [3.05, 3.63) is 70.6 Å². The van der Waals surface area contributed by atoms with Crippen LogP contribution in [0.25, 0.3) is 10.1 Å². The molecule has 1 aliphatic heterocycles. The van der Waals surface area contributed by atoms with Crippen molar-refractivity contribution in [2.24, 2.45) is 0 Å². The Morgan fingerprint density at radius 2 is 1.65 bits per heavy atom. The number of nitrogens with one attached hydrogen (secondary N) is 1. The van der Waals surface area contributed by atoms with Gasteiger partial charge in [0, 0.05) is 35.8 Å². The molecule has 0 spiro atoms. The van der Waals surface area contributed by atoms with Gasteiger partial charge < -0.3 is 5.32 Å². The van der Waals surface area contributed by atoms with Crippen molar-refractivity contribution in [3.63, 3.8) is 0 Å². The molecule has 1 saturated heterocycles. The lowest BCUT2D eigenvalue weighted by molar-refractivity contribution is -0.138. The minimum absolute atomic E-state index is 0.341. The average molecular weight is 376 g/mol. The Morgan fingerprint density at radius 1 is 0.962 bits per heavy atom. The van der Waals surface area contributed by atoms with E-state index in [2.05, 4.69) is 10.2 Å². The maximum Gasteiger partial charge on any atom is 0.416 e. The maximum atomic E-state index is 13.7. The Bertz CT molecular complexity index is 864. The third-order valence-corrected chi connectivity index (χ3v) is 5.96. The number of halogens is 3. The monoisotopic (exact) mass is 376 g/mol. The van der Waals surface area contributed by atoms with Crippen molar-refractivity contribution >= 4 is 21.4 Å². The SMILES string of the molecule is FC(F)(F)c1ccccc1C(c1cc2ccccc2s1)N1CCNCC1. The highest BCUT2D eigenvalue weighted by atomic mass is 32.1. The van der Waals surface area contributed by atoms with Gasteiger partial charge in [-0.05, 0) is 29.1 Å². The van der Waals surface area contributed by atoms with E-state index in [-0.39, 0.29) is 6.04 Å². The van der Waals surface area contributed by atoms with Crippen LogP contribution in [0, 0.1) is 0 Å². The van der Waals surface area contributed by atoms with E-state index in [1.807, 2.05) is 30.3 Å². The van der Waals surface area contributed by atoms with Crippen LogP contribution in [0.5, 0.6) is 0 Å². The molecule has 6 heteroatoms. The van der Waals surface area contributed by atoms with Gasteiger partial charge in [-0.1, -0.05) is 36.4 Å². The molecule has 136 valence electrons. The van der Waals surface area contributed by atoms with Crippen molar-refractivity contribution in [1.29, 1.82) is 0 Å². The second-order valence-corrected chi connectivity index (χ2v) is 7.58. The lowest BCUT2D eigenvalue weighted by Crippen LogP contribution is -2.45. The van der Waals surface area contributed by atoms with Crippen molar-refractivity contribution in [1.82, 2.24) is 10.2 Å². The zero-order valence-corrected chi connectivity index (χ0v) is 14.9. The molecule has 2 aromatic carbocycles. The summed E-state index contributed by atoms with van der Waals surface area (Å²) in [6.45, 7) is 3.03. The Morgan fingerprint density at radius 3 is 2.38 bits per heavy atom. The molecule has 0 saturated carbocycles. The van der Waals surface area contributed by atoms with Gasteiger partial charge in [-0.25, -0.2) is 0 Å². The summed E-state index contributed by atoms with van der Waals surface area (Å²) < 4.78 is 42.1. The van der Waals surface area contributed by atoms with Crippen molar-refractivity contribution < 1.29 is 13.2 Å². The molecule has 1 aromatic heterocycles. The van der Waals surface area contributed by atoms with Gasteiger partial charge in [0.25, 0.3) is 0 Å². The molecule has 2 heterocycles. The lowest BCUT2D eigenvalue weighted by atomic mass is 9.96. The zero-order valence-electron chi connectivity index (χ0n) is 14.1. The minimum atomic E-state index is -4.36. The molecule has 0 radical (unpaired) electrons. The summed E-state index contributed by atoms with van der Waals surface area (Å²) in [5.41, 5.74) is -0.200. The molecule has 3 aromatic rings. The largest absolute Gasteiger partial charge is 0.416 e. The van der Waals surface area contributed by atoms with Crippen LogP contribution in [0.2, 0.25) is 0 Å². The van der Waals surface area contributed by atoms with E-state index in [0.29, 0.717) is 5.56 Å². The number of hydrogen-bond donors (Lipinski definition) is 1. The Kier molecular flexibility index (Phi) is 4.73. The third-order valence-electron chi connectivity index (χ3n) is 4.79. The van der Waals surface area contributed by atoms with Crippen molar-refractivity contribution in [3.8, 4) is 0 Å². The number of alkyl halides is 3. The fourth-order valence-corrected chi connectivity index (χ4v) is 4.82. The summed E-state index contributed by atoms with van der Waals surface area (Å²) in [5, 5.41) is 4.36. The van der Waals surface area contributed by atoms with Crippen LogP contribution in [-0.4, -0.2) is 31.1 Å². The Labute approximate surface area is 154 Å². The first-order valence-corrected chi connectivity index (χ1v) is 9.45. The van der Waals surface area contributed by atoms with Crippen LogP contribution in [-0.2, 0) is 6.18 Å². The second-order valence-electron chi connectivity index (χ2n) is 6.46. The van der Waals surface area contributed by atoms with Crippen LogP contribution in [0.1, 0.15) is 22.0 Å². The molecule has 4 rings (SSSR count). The number of piperazine rings is 1. The highest BCUT2D eigenvalue weighted by molar-refractivity contribution is 7.19. The van der Waals surface area contributed by atoms with E-state index in [0.717, 1.165) is 41.1 Å². The normalized spacial score (nSPS) is 17.5. The van der Waals surface area contributed by atoms with E-state index in [4.69, 9.17) is 0 Å². The molecule has 1 N–H and O–H groups in total. The summed E-state index contributed by atoms with van der Waals surface area (Å²) in [7, 11) is 0. The number of hydrogen-bond acceptors (Lipinski definition) is 3. The number of rotatable bonds is 3. The number of nitrogens with zero attached hydrogens (tertiary/aromatic N) is 1. The molecule has 26 heavy (non-hydrogen) atoms. The van der Waals surface area contributed by atoms with E-state index in [1.165, 1.54) is 12.1 Å². The quantitative estimate of drug-likeness (QED) is 0.698. The summed E-state index contributed by atoms with van der Waals surface area (Å²) in [4.78, 5) is 3.12. The van der Waals surface area contributed by atoms with Gasteiger partial charge in [-0.3, -0.25) is 4.90 Å². The fraction of sp³-hybridized carbons (Fsp3) is 0.300. The molecule has 0 aliphatic carbocycles. The van der Waals surface area contributed by atoms with Crippen molar-refractivity contribution in [2.45, 2.75) is 12.2 Å². The van der Waals surface area contributed by atoms with Crippen LogP contribution in [0.4, 0.5) is 13.2 Å². The molecule has 2 nitrogen and oxygen atoms in total. The fourth-order valence-electron chi connectivity index (χ4n) is 3.60. The molecule has 1 atom stereocenters. The van der Waals surface area contributed by atoms with Crippen LogP contribution < -0.4 is 5.32 Å². The van der Waals surface area contributed by atoms with Gasteiger partial charge in [-0.2, -0.15) is 13.2 Å². The molecule has 1 unspecified atom stereocenters. The van der Waals surface area contributed by atoms with Crippen LogP contribution >= 0.6 is 11.3 Å². The molecule has 1 fully saturated rings. The van der Waals surface area contributed by atoms with E-state index in [9.17, 15) is 13.2 Å². The third kappa shape index (κ3) is 3.37. The van der Waals surface area contributed by atoms with Gasteiger partial charge in [0.05, 0.1) is 11.6 Å². The van der Waals surface area contributed by atoms with Gasteiger partial charge in [0.1, 0.15) is 0 Å². The van der Waals surface area contributed by atoms with Gasteiger partial charge in [0.15, 0.2) is 0 Å². The lowest BCUT2D eigenvalue weighted by Gasteiger charge is -2.35. The highest BCUT2D eigenvalue weighted by Crippen LogP contribution is 2.42. The molecular formula is C20H19F3N2S. The highest BCUT2D eigenvalue weighted by Gasteiger charge is 2.37. The zero-order chi connectivity index (χ0) is 18.1. The summed E-state index contributed by atoms with van der Waals surface area (Å²) >= 11 is 1.58. The first-order chi connectivity index (χ1) is 12.5. The van der Waals surface area contributed by atoms with Crippen LogP contribution in [0.15, 0.2) is 54.6 Å². The molecule has 0 bridgehead atoms. The number of fused-ring (bicyclic) bond motifs is 1. The number of thiophene rings is 1. The predicted octanol–water partition coefficient (Wildman–Crippen LogP) is 4.91. The molecular weight excluding hydrogens is 357 g/mol. The first-order valence-electron chi connectivity index (χ1n) is 8.63. The predicted molar refractivity (Wildman–Crippen MR) is 99.6 cm³/mol. The topological polar surface area (TPSA) is 15.3 Å². The van der Waals surface area contributed by atoms with E-state index in [1.54, 1.807) is 23.5 Å². The van der Waals surface area contributed by atoms with Gasteiger partial charge >= 0.3 is 6.18 Å².